The summed E-state index contributed by atoms with van der Waals surface area (Å²) in [4.78, 5) is 11.9. The third kappa shape index (κ3) is 3.80. The minimum Gasteiger partial charge on any atom is -0.508 e. The molecule has 5 nitrogen and oxygen atoms in total. The molecule has 0 aliphatic heterocycles. The Bertz CT molecular complexity index is 684. The van der Waals surface area contributed by atoms with E-state index in [9.17, 15) is 15.0 Å². The van der Waals surface area contributed by atoms with Crippen molar-refractivity contribution in [3.8, 4) is 11.5 Å². The van der Waals surface area contributed by atoms with Crippen molar-refractivity contribution in [2.24, 2.45) is 10.5 Å². The number of carbonyl (C=O) groups is 1. The number of benzene rings is 1. The van der Waals surface area contributed by atoms with Crippen LogP contribution in [0.5, 0.6) is 11.5 Å². The minimum absolute atomic E-state index is 0.00490. The van der Waals surface area contributed by atoms with Crippen LogP contribution in [0, 0.1) is 5.41 Å². The van der Waals surface area contributed by atoms with Gasteiger partial charge >= 0.3 is 0 Å². The zero-order valence-corrected chi connectivity index (χ0v) is 13.6. The van der Waals surface area contributed by atoms with E-state index in [2.05, 4.69) is 10.5 Å². The summed E-state index contributed by atoms with van der Waals surface area (Å²) in [6.07, 6.45) is 9.86. The molecular weight excluding hydrogens is 292 g/mol. The molecule has 0 aromatic heterocycles. The number of hydrogen-bond acceptors (Lipinski definition) is 4. The van der Waals surface area contributed by atoms with Crippen molar-refractivity contribution >= 4 is 12.1 Å². The van der Waals surface area contributed by atoms with Crippen molar-refractivity contribution < 1.29 is 15.0 Å². The molecule has 1 aliphatic rings. The van der Waals surface area contributed by atoms with Crippen LogP contribution in [0.1, 0.15) is 32.8 Å². The average molecular weight is 314 g/mol. The lowest BCUT2D eigenvalue weighted by Gasteiger charge is -2.28. The maximum Gasteiger partial charge on any atom is 0.245 e. The predicted molar refractivity (Wildman–Crippen MR) is 90.4 cm³/mol. The zero-order valence-electron chi connectivity index (χ0n) is 13.6. The Balaban J connectivity index is 2.32. The van der Waals surface area contributed by atoms with Gasteiger partial charge in [0.15, 0.2) is 0 Å². The Morgan fingerprint density at radius 2 is 2.04 bits per heavy atom. The predicted octanol–water partition coefficient (Wildman–Crippen LogP) is 3.00. The molecule has 0 heterocycles. The van der Waals surface area contributed by atoms with Crippen LogP contribution in [-0.2, 0) is 10.2 Å². The van der Waals surface area contributed by atoms with Gasteiger partial charge in [-0.2, -0.15) is 5.10 Å². The van der Waals surface area contributed by atoms with Gasteiger partial charge in [0, 0.05) is 23.3 Å². The first-order valence-corrected chi connectivity index (χ1v) is 7.46. The van der Waals surface area contributed by atoms with Crippen LogP contribution in [0.15, 0.2) is 47.6 Å². The first-order valence-electron chi connectivity index (χ1n) is 7.46. The molecule has 1 aliphatic carbocycles. The summed E-state index contributed by atoms with van der Waals surface area (Å²) in [5.74, 6) is -0.206. The fourth-order valence-corrected chi connectivity index (χ4v) is 2.29. The highest BCUT2D eigenvalue weighted by molar-refractivity contribution is 5.84. The number of phenolic OH excluding ortho intramolecular Hbond substituents is 2. The summed E-state index contributed by atoms with van der Waals surface area (Å²) in [6.45, 7) is 5.42. The van der Waals surface area contributed by atoms with Gasteiger partial charge in [0.1, 0.15) is 11.5 Å². The van der Waals surface area contributed by atoms with Crippen LogP contribution in [-0.4, -0.2) is 22.3 Å². The highest BCUT2D eigenvalue weighted by Crippen LogP contribution is 2.38. The third-order valence-electron chi connectivity index (χ3n) is 3.72. The van der Waals surface area contributed by atoms with E-state index in [1.165, 1.54) is 12.1 Å². The van der Waals surface area contributed by atoms with Crippen molar-refractivity contribution in [1.29, 1.82) is 0 Å². The summed E-state index contributed by atoms with van der Waals surface area (Å²) in [5, 5.41) is 23.7. The van der Waals surface area contributed by atoms with Crippen LogP contribution in [0.3, 0.4) is 0 Å². The number of rotatable bonds is 3. The lowest BCUT2D eigenvalue weighted by molar-refractivity contribution is -0.128. The van der Waals surface area contributed by atoms with Gasteiger partial charge in [-0.05, 0) is 12.5 Å². The molecule has 1 aromatic rings. The van der Waals surface area contributed by atoms with Crippen LogP contribution in [0.2, 0.25) is 0 Å². The van der Waals surface area contributed by atoms with E-state index in [1.807, 2.05) is 45.1 Å². The van der Waals surface area contributed by atoms with Gasteiger partial charge in [0.2, 0.25) is 5.91 Å². The summed E-state index contributed by atoms with van der Waals surface area (Å²) in [6, 6.07) is 4.47. The Labute approximate surface area is 136 Å². The molecule has 2 rings (SSSR count). The summed E-state index contributed by atoms with van der Waals surface area (Å²) in [7, 11) is 0. The summed E-state index contributed by atoms with van der Waals surface area (Å²) < 4.78 is 0. The van der Waals surface area contributed by atoms with Crippen LogP contribution < -0.4 is 5.43 Å². The van der Waals surface area contributed by atoms with Crippen molar-refractivity contribution in [1.82, 2.24) is 5.43 Å². The molecule has 1 amide bonds. The number of phenols is 2. The molecule has 5 heteroatoms. The van der Waals surface area contributed by atoms with Gasteiger partial charge in [-0.25, -0.2) is 5.43 Å². The molecule has 0 bridgehead atoms. The van der Waals surface area contributed by atoms with Gasteiger partial charge in [-0.3, -0.25) is 4.79 Å². The second-order valence-electron chi connectivity index (χ2n) is 6.68. The number of nitrogens with zero attached hydrogens (tertiary/aromatic N) is 1. The summed E-state index contributed by atoms with van der Waals surface area (Å²) >= 11 is 0. The molecule has 0 spiro atoms. The number of hydrazone groups is 1. The minimum atomic E-state index is -0.669. The van der Waals surface area contributed by atoms with Gasteiger partial charge in [0.25, 0.3) is 0 Å². The third-order valence-corrected chi connectivity index (χ3v) is 3.72. The highest BCUT2D eigenvalue weighted by atomic mass is 16.3. The van der Waals surface area contributed by atoms with Crippen molar-refractivity contribution in [3.05, 3.63) is 48.1 Å². The van der Waals surface area contributed by atoms with E-state index in [0.717, 1.165) is 0 Å². The van der Waals surface area contributed by atoms with E-state index >= 15 is 0 Å². The quantitative estimate of drug-likeness (QED) is 0.592. The number of nitrogens with one attached hydrogen (secondary N) is 1. The molecule has 23 heavy (non-hydrogen) atoms. The number of aromatic hydroxyl groups is 2. The Kier molecular flexibility index (Phi) is 4.59. The maximum absolute atomic E-state index is 11.9. The lowest BCUT2D eigenvalue weighted by atomic mass is 9.76. The molecule has 0 radical (unpaired) electrons. The highest BCUT2D eigenvalue weighted by Gasteiger charge is 2.31. The fraction of sp³-hybridized carbons (Fsp3) is 0.333. The Morgan fingerprint density at radius 3 is 2.61 bits per heavy atom. The SMILES string of the molecule is CC(C)(C)C(=O)N/N=C\C1(c2ccc(O)cc2O)C=CC=CC1. The second kappa shape index (κ2) is 6.28. The second-order valence-corrected chi connectivity index (χ2v) is 6.68. The number of carbonyl (C=O) groups excluding carboxylic acids is 1. The van der Waals surface area contributed by atoms with E-state index < -0.39 is 10.8 Å². The number of hydrogen-bond donors (Lipinski definition) is 3. The van der Waals surface area contributed by atoms with E-state index in [-0.39, 0.29) is 17.4 Å². The topological polar surface area (TPSA) is 81.9 Å². The van der Waals surface area contributed by atoms with Crippen LogP contribution >= 0.6 is 0 Å². The van der Waals surface area contributed by atoms with Crippen LogP contribution in [0.25, 0.3) is 0 Å². The molecule has 1 unspecified atom stereocenters. The maximum atomic E-state index is 11.9. The van der Waals surface area contributed by atoms with E-state index in [4.69, 9.17) is 0 Å². The Hall–Kier alpha value is -2.56. The van der Waals surface area contributed by atoms with Crippen molar-refractivity contribution in [3.63, 3.8) is 0 Å². The van der Waals surface area contributed by atoms with E-state index in [1.54, 1.807) is 12.3 Å². The molecule has 1 atom stereocenters. The van der Waals surface area contributed by atoms with Crippen LogP contribution in [0.4, 0.5) is 0 Å². The van der Waals surface area contributed by atoms with Gasteiger partial charge in [0.05, 0.1) is 5.41 Å². The standard InChI is InChI=1S/C18H22N2O3/c1-17(2,3)16(23)20-19-12-18(9-5-4-6-10-18)14-8-7-13(21)11-15(14)22/h4-9,11-12,21-22H,10H2,1-3H3,(H,20,23)/b19-12-. The fourth-order valence-electron chi connectivity index (χ4n) is 2.29. The monoisotopic (exact) mass is 314 g/mol. The lowest BCUT2D eigenvalue weighted by Crippen LogP contribution is -2.33. The van der Waals surface area contributed by atoms with Gasteiger partial charge in [-0.1, -0.05) is 51.1 Å². The molecule has 1 aromatic carbocycles. The van der Waals surface area contributed by atoms with Gasteiger partial charge < -0.3 is 10.2 Å². The summed E-state index contributed by atoms with van der Waals surface area (Å²) in [5.41, 5.74) is 1.95. The first kappa shape index (κ1) is 16.8. The zero-order chi connectivity index (χ0) is 17.1. The molecular formula is C18H22N2O3. The number of amides is 1. The number of allylic oxidation sites excluding steroid dienone is 4. The first-order chi connectivity index (χ1) is 10.7. The molecule has 3 N–H and O–H groups in total. The molecule has 122 valence electrons. The molecule has 0 saturated heterocycles. The largest absolute Gasteiger partial charge is 0.508 e. The Morgan fingerprint density at radius 1 is 1.30 bits per heavy atom. The van der Waals surface area contributed by atoms with E-state index in [0.29, 0.717) is 12.0 Å². The molecule has 0 fully saturated rings. The van der Waals surface area contributed by atoms with Crippen molar-refractivity contribution in [2.45, 2.75) is 32.6 Å². The molecule has 0 saturated carbocycles. The van der Waals surface area contributed by atoms with Gasteiger partial charge in [-0.15, -0.1) is 0 Å². The average Bonchev–Trinajstić information content (AvgIpc) is 2.47. The van der Waals surface area contributed by atoms with Crippen molar-refractivity contribution in [2.75, 3.05) is 0 Å². The normalized spacial score (nSPS) is 20.8. The smallest absolute Gasteiger partial charge is 0.245 e.